The van der Waals surface area contributed by atoms with Crippen LogP contribution < -0.4 is 10.1 Å². The van der Waals surface area contributed by atoms with Crippen molar-refractivity contribution < 1.29 is 28.5 Å². The van der Waals surface area contributed by atoms with Crippen LogP contribution in [0.5, 0.6) is 0 Å². The zero-order valence-corrected chi connectivity index (χ0v) is 27.6. The normalized spacial score (nSPS) is 21.8. The second-order valence-electron chi connectivity index (χ2n) is 13.7. The van der Waals surface area contributed by atoms with Crippen molar-refractivity contribution in [2.24, 2.45) is 5.92 Å². The first-order chi connectivity index (χ1) is 22.0. The summed E-state index contributed by atoms with van der Waals surface area (Å²) >= 11 is 0. The van der Waals surface area contributed by atoms with Gasteiger partial charge in [-0.25, -0.2) is 8.97 Å². The number of nitrogens with zero attached hydrogens (tertiary/aromatic N) is 3. The minimum atomic E-state index is -2.24. The van der Waals surface area contributed by atoms with Crippen LogP contribution in [0.3, 0.4) is 0 Å². The number of carbonyl (C=O) groups is 3. The van der Waals surface area contributed by atoms with Crippen molar-refractivity contribution >= 4 is 47.8 Å². The lowest BCUT2D eigenvalue weighted by molar-refractivity contribution is -0.601. The molecule has 0 saturated carbocycles. The molecule has 4 aliphatic heterocycles. The number of amides is 2. The number of fused-ring (bicyclic) bond motifs is 2. The molecule has 7 rings (SSSR count). The lowest BCUT2D eigenvalue weighted by Crippen LogP contribution is -2.52. The summed E-state index contributed by atoms with van der Waals surface area (Å²) in [5, 5.41) is 13.1. The average Bonchev–Trinajstić information content (AvgIpc) is 3.34. The third-order valence-corrected chi connectivity index (χ3v) is 13.6. The van der Waals surface area contributed by atoms with Gasteiger partial charge in [-0.2, -0.15) is 0 Å². The van der Waals surface area contributed by atoms with Gasteiger partial charge in [0.2, 0.25) is 0 Å². The van der Waals surface area contributed by atoms with Gasteiger partial charge in [0.05, 0.1) is 25.6 Å². The van der Waals surface area contributed by atoms with Crippen LogP contribution >= 0.6 is 0 Å². The molecule has 46 heavy (non-hydrogen) atoms. The number of anilines is 1. The number of imide groups is 1. The Balaban J connectivity index is 1.30. The molecule has 2 amide bonds. The molecule has 7 nitrogen and oxygen atoms in total. The van der Waals surface area contributed by atoms with Gasteiger partial charge in [0, 0.05) is 48.5 Å². The van der Waals surface area contributed by atoms with E-state index in [9.17, 15) is 23.9 Å². The minimum Gasteiger partial charge on any atom is -0.392 e. The van der Waals surface area contributed by atoms with E-state index in [4.69, 9.17) is 0 Å². The first-order valence-corrected chi connectivity index (χ1v) is 19.2. The van der Waals surface area contributed by atoms with E-state index in [0.29, 0.717) is 31.0 Å². The Morgan fingerprint density at radius 2 is 1.74 bits per heavy atom. The summed E-state index contributed by atoms with van der Waals surface area (Å²) < 4.78 is 16.3. The first kappa shape index (κ1) is 30.4. The molecule has 236 valence electrons. The maximum atomic E-state index is 13.9. The molecule has 2 aromatic carbocycles. The summed E-state index contributed by atoms with van der Waals surface area (Å²) in [6.45, 7) is 9.90. The Morgan fingerprint density at radius 3 is 2.41 bits per heavy atom. The van der Waals surface area contributed by atoms with Crippen LogP contribution in [0.4, 0.5) is 10.1 Å². The Hall–Kier alpha value is -4.21. The summed E-state index contributed by atoms with van der Waals surface area (Å²) in [6.07, 6.45) is 9.02. The number of Topliss-reactive ketones (excluding diaryl/α,β-unsaturated/α-hetero) is 1. The van der Waals surface area contributed by atoms with Gasteiger partial charge < -0.3 is 10.0 Å². The van der Waals surface area contributed by atoms with Crippen molar-refractivity contribution in [3.63, 3.8) is 0 Å². The molecule has 2 fully saturated rings. The fourth-order valence-corrected chi connectivity index (χ4v) is 10.4. The number of aliphatic hydroxyl groups excluding tert-OH is 1. The Kier molecular flexibility index (Phi) is 7.64. The van der Waals surface area contributed by atoms with Crippen LogP contribution in [0.15, 0.2) is 77.5 Å². The molecule has 0 atom stereocenters. The van der Waals surface area contributed by atoms with Crippen molar-refractivity contribution in [2.45, 2.75) is 45.6 Å². The second kappa shape index (κ2) is 11.5. The Bertz CT molecular complexity index is 1820. The fourth-order valence-electron chi connectivity index (χ4n) is 7.37. The highest BCUT2D eigenvalue weighted by Gasteiger charge is 2.42. The highest BCUT2D eigenvalue weighted by Crippen LogP contribution is 2.43. The fraction of sp³-hybridized carbons (Fsp3) is 0.351. The molecular formula is C37H39FN3O4Si+. The molecule has 0 unspecified atom stereocenters. The largest absolute Gasteiger partial charge is 0.392 e. The number of hydrogen-bond donors (Lipinski definition) is 1. The molecule has 0 radical (unpaired) electrons. The number of halogens is 1. The van der Waals surface area contributed by atoms with Crippen LogP contribution in [0.25, 0.3) is 5.57 Å². The smallest absolute Gasteiger partial charge is 0.253 e. The average molecular weight is 637 g/mol. The van der Waals surface area contributed by atoms with Crippen LogP contribution in [0.1, 0.15) is 46.8 Å². The lowest BCUT2D eigenvalue weighted by atomic mass is 9.85. The third kappa shape index (κ3) is 5.15. The van der Waals surface area contributed by atoms with Crippen molar-refractivity contribution in [2.75, 3.05) is 37.6 Å². The quantitative estimate of drug-likeness (QED) is 0.204. The minimum absolute atomic E-state index is 0.0829. The standard InChI is InChI=1S/C37H39FN3O4Si/c1-23-18-39(19-23)27-8-10-29-33(16-27)46(2,3)34-17-28(40-20-26(38)21-40)9-11-30(34)37(29)31-15-24(6-7-25(31)22-42)32(43)5-4-14-41-35(44)12-13-36(41)45/h6-13,15-17,23,26,42H,4-5,14,18-22H2,1-3H3/q+1. The Labute approximate surface area is 269 Å². The van der Waals surface area contributed by atoms with E-state index < -0.39 is 14.2 Å². The first-order valence-electron chi connectivity index (χ1n) is 16.2. The number of hydrogen-bond acceptors (Lipinski definition) is 5. The van der Waals surface area contributed by atoms with Gasteiger partial charge >= 0.3 is 0 Å². The number of ketones is 1. The maximum Gasteiger partial charge on any atom is 0.253 e. The monoisotopic (exact) mass is 636 g/mol. The maximum absolute atomic E-state index is 13.9. The molecule has 5 aliphatic rings. The van der Waals surface area contributed by atoms with E-state index in [1.54, 1.807) is 6.07 Å². The second-order valence-corrected chi connectivity index (χ2v) is 18.0. The molecule has 0 aromatic heterocycles. The summed E-state index contributed by atoms with van der Waals surface area (Å²) in [5.41, 5.74) is 7.54. The van der Waals surface area contributed by atoms with Crippen molar-refractivity contribution in [1.29, 1.82) is 0 Å². The number of rotatable bonds is 8. The number of carbonyl (C=O) groups excluding carboxylic acids is 3. The highest BCUT2D eigenvalue weighted by molar-refractivity contribution is 6.98. The lowest BCUT2D eigenvalue weighted by Gasteiger charge is -2.41. The molecule has 2 aromatic rings. The number of alkyl halides is 1. The van der Waals surface area contributed by atoms with Crippen molar-refractivity contribution in [3.8, 4) is 0 Å². The van der Waals surface area contributed by atoms with Gasteiger partial charge in [-0.1, -0.05) is 38.2 Å². The van der Waals surface area contributed by atoms with Gasteiger partial charge in [0.1, 0.15) is 14.2 Å². The van der Waals surface area contributed by atoms with Crippen LogP contribution in [0.2, 0.25) is 13.1 Å². The molecular weight excluding hydrogens is 598 g/mol. The number of aliphatic hydroxyl groups is 1. The van der Waals surface area contributed by atoms with Gasteiger partial charge in [-0.05, 0) is 68.9 Å². The molecule has 1 aliphatic carbocycles. The zero-order chi connectivity index (χ0) is 32.3. The van der Waals surface area contributed by atoms with E-state index in [1.807, 2.05) is 12.1 Å². The van der Waals surface area contributed by atoms with Gasteiger partial charge in [-0.3, -0.25) is 19.3 Å². The molecule has 2 saturated heterocycles. The van der Waals surface area contributed by atoms with Crippen molar-refractivity contribution in [1.82, 2.24) is 4.90 Å². The van der Waals surface area contributed by atoms with Gasteiger partial charge in [-0.15, -0.1) is 0 Å². The third-order valence-electron chi connectivity index (χ3n) is 10.1. The predicted octanol–water partition coefficient (Wildman–Crippen LogP) is 4.09. The molecule has 0 spiro atoms. The summed E-state index contributed by atoms with van der Waals surface area (Å²) in [6, 6.07) is 11.9. The topological polar surface area (TPSA) is 80.9 Å². The summed E-state index contributed by atoms with van der Waals surface area (Å²) in [5.74, 6) is -0.111. The molecule has 4 heterocycles. The predicted molar refractivity (Wildman–Crippen MR) is 180 cm³/mol. The van der Waals surface area contributed by atoms with Gasteiger partial charge in [0.15, 0.2) is 24.6 Å². The summed E-state index contributed by atoms with van der Waals surface area (Å²) in [4.78, 5) is 40.6. The van der Waals surface area contributed by atoms with E-state index in [2.05, 4.69) is 65.9 Å². The SMILES string of the molecule is CC1C[N+](=C2C=CC3=C(c4cc(C(=O)CCCN5C(=O)C=CC5=O)ccc4CO)c4ccc(N5CC(F)C5)cc4[Si](C)(C)C3=C2)C1. The van der Waals surface area contributed by atoms with E-state index >= 15 is 0 Å². The van der Waals surface area contributed by atoms with Crippen LogP contribution in [-0.4, -0.2) is 84.9 Å². The highest BCUT2D eigenvalue weighted by atomic mass is 28.3. The molecule has 1 N–H and O–H groups in total. The number of benzene rings is 2. The van der Waals surface area contributed by atoms with Crippen LogP contribution in [0, 0.1) is 5.92 Å². The zero-order valence-electron chi connectivity index (χ0n) is 26.6. The molecule has 9 heteroatoms. The van der Waals surface area contributed by atoms with Crippen molar-refractivity contribution in [3.05, 3.63) is 99.8 Å². The van der Waals surface area contributed by atoms with E-state index in [1.165, 1.54) is 28.2 Å². The van der Waals surface area contributed by atoms with E-state index in [0.717, 1.165) is 51.5 Å². The summed E-state index contributed by atoms with van der Waals surface area (Å²) in [7, 11) is -2.24. The number of allylic oxidation sites excluding steroid dienone is 5. The Morgan fingerprint density at radius 1 is 1.00 bits per heavy atom. The molecule has 0 bridgehead atoms. The van der Waals surface area contributed by atoms with Crippen LogP contribution in [-0.2, 0) is 16.2 Å². The van der Waals surface area contributed by atoms with Gasteiger partial charge in [0.25, 0.3) is 11.8 Å². The van der Waals surface area contributed by atoms with E-state index in [-0.39, 0.29) is 37.2 Å².